The van der Waals surface area contributed by atoms with Crippen LogP contribution in [0.4, 0.5) is 5.82 Å². The smallest absolute Gasteiger partial charge is 0.246 e. The van der Waals surface area contributed by atoms with E-state index in [-0.39, 0.29) is 6.04 Å². The number of hydrogen-bond acceptors (Lipinski definition) is 5. The Hall–Kier alpha value is -1.44. The van der Waals surface area contributed by atoms with E-state index in [9.17, 15) is 8.42 Å². The first kappa shape index (κ1) is 17.0. The summed E-state index contributed by atoms with van der Waals surface area (Å²) >= 11 is 1.73. The maximum absolute atomic E-state index is 13.2. The Kier molecular flexibility index (Phi) is 4.80. The quantitative estimate of drug-likeness (QED) is 0.816. The van der Waals surface area contributed by atoms with Crippen molar-refractivity contribution in [3.05, 3.63) is 40.7 Å². The second kappa shape index (κ2) is 7.05. The van der Waals surface area contributed by atoms with Gasteiger partial charge in [-0.3, -0.25) is 0 Å². The number of thiophene rings is 1. The van der Waals surface area contributed by atoms with Crippen molar-refractivity contribution in [1.29, 1.82) is 0 Å². The number of pyridine rings is 1. The van der Waals surface area contributed by atoms with Crippen molar-refractivity contribution in [2.45, 2.75) is 43.0 Å². The first-order valence-electron chi connectivity index (χ1n) is 8.93. The van der Waals surface area contributed by atoms with E-state index in [4.69, 9.17) is 0 Å². The Bertz CT molecular complexity index is 815. The van der Waals surface area contributed by atoms with E-state index in [1.165, 1.54) is 4.88 Å². The molecule has 0 N–H and O–H groups in total. The van der Waals surface area contributed by atoms with Crippen LogP contribution in [0.3, 0.4) is 0 Å². The van der Waals surface area contributed by atoms with Crippen molar-refractivity contribution in [1.82, 2.24) is 9.29 Å². The fraction of sp³-hybridized carbons (Fsp3) is 0.500. The lowest BCUT2D eigenvalue weighted by atomic mass is 10.2. The number of anilines is 1. The molecule has 0 radical (unpaired) electrons. The molecule has 2 saturated heterocycles. The van der Waals surface area contributed by atoms with Gasteiger partial charge in [0.05, 0.1) is 6.04 Å². The zero-order valence-corrected chi connectivity index (χ0v) is 15.8. The van der Waals surface area contributed by atoms with Crippen molar-refractivity contribution in [2.24, 2.45) is 0 Å². The van der Waals surface area contributed by atoms with Crippen molar-refractivity contribution in [2.75, 3.05) is 24.5 Å². The average Bonchev–Trinajstić information content (AvgIpc) is 3.33. The highest BCUT2D eigenvalue weighted by atomic mass is 32.2. The largest absolute Gasteiger partial charge is 0.348 e. The van der Waals surface area contributed by atoms with Gasteiger partial charge < -0.3 is 4.90 Å². The van der Waals surface area contributed by atoms with E-state index in [0.29, 0.717) is 23.8 Å². The SMILES string of the molecule is O=S(=O)(c1cccnc1N1CCCC1c1cccs1)N1CCCCC1. The van der Waals surface area contributed by atoms with Gasteiger partial charge in [0.25, 0.3) is 0 Å². The third-order valence-electron chi connectivity index (χ3n) is 5.08. The predicted molar refractivity (Wildman–Crippen MR) is 100 cm³/mol. The van der Waals surface area contributed by atoms with Crippen LogP contribution in [-0.2, 0) is 10.0 Å². The molecule has 2 aromatic rings. The molecule has 0 aromatic carbocycles. The zero-order chi connectivity index (χ0) is 17.3. The molecule has 5 nitrogen and oxygen atoms in total. The van der Waals surface area contributed by atoms with Gasteiger partial charge in [0, 0.05) is 30.7 Å². The Morgan fingerprint density at radius 1 is 1.04 bits per heavy atom. The predicted octanol–water partition coefficient (Wildman–Crippen LogP) is 3.66. The molecule has 25 heavy (non-hydrogen) atoms. The highest BCUT2D eigenvalue weighted by Gasteiger charge is 2.34. The van der Waals surface area contributed by atoms with Gasteiger partial charge in [-0.1, -0.05) is 12.5 Å². The summed E-state index contributed by atoms with van der Waals surface area (Å²) in [7, 11) is -3.49. The standard InChI is InChI=1S/C18H23N3O2S2/c22-25(23,20-11-2-1-3-12-20)17-9-4-10-19-18(17)21-13-5-7-15(21)16-8-6-14-24-16/h4,6,8-10,14-15H,1-3,5,7,11-13H2. The van der Waals surface area contributed by atoms with Crippen LogP contribution in [0.2, 0.25) is 0 Å². The molecule has 1 atom stereocenters. The molecule has 0 saturated carbocycles. The van der Waals surface area contributed by atoms with E-state index >= 15 is 0 Å². The molecule has 7 heteroatoms. The van der Waals surface area contributed by atoms with Crippen LogP contribution in [0.1, 0.15) is 43.0 Å². The topological polar surface area (TPSA) is 53.5 Å². The van der Waals surface area contributed by atoms with E-state index in [0.717, 1.165) is 38.6 Å². The lowest BCUT2D eigenvalue weighted by Crippen LogP contribution is -2.37. The summed E-state index contributed by atoms with van der Waals surface area (Å²) < 4.78 is 28.1. The monoisotopic (exact) mass is 377 g/mol. The number of rotatable bonds is 4. The van der Waals surface area contributed by atoms with Gasteiger partial charge >= 0.3 is 0 Å². The van der Waals surface area contributed by atoms with E-state index in [1.807, 2.05) is 0 Å². The second-order valence-electron chi connectivity index (χ2n) is 6.66. The van der Waals surface area contributed by atoms with E-state index in [2.05, 4.69) is 27.4 Å². The van der Waals surface area contributed by atoms with Crippen LogP contribution in [-0.4, -0.2) is 37.3 Å². The summed E-state index contributed by atoms with van der Waals surface area (Å²) in [5.41, 5.74) is 0. The molecule has 134 valence electrons. The first-order chi connectivity index (χ1) is 12.2. The normalized spacial score (nSPS) is 22.4. The maximum atomic E-state index is 13.2. The van der Waals surface area contributed by atoms with Gasteiger partial charge in [0.15, 0.2) is 0 Å². The van der Waals surface area contributed by atoms with Crippen molar-refractivity contribution >= 4 is 27.2 Å². The molecule has 0 spiro atoms. The summed E-state index contributed by atoms with van der Waals surface area (Å²) in [6.45, 7) is 2.08. The molecule has 2 aliphatic rings. The fourth-order valence-electron chi connectivity index (χ4n) is 3.84. The molecule has 4 rings (SSSR count). The lowest BCUT2D eigenvalue weighted by Gasteiger charge is -2.30. The Labute approximate surface area is 153 Å². The summed E-state index contributed by atoms with van der Waals surface area (Å²) in [5.74, 6) is 0.615. The van der Waals surface area contributed by atoms with Crippen molar-refractivity contribution < 1.29 is 8.42 Å². The second-order valence-corrected chi connectivity index (χ2v) is 9.54. The summed E-state index contributed by atoms with van der Waals surface area (Å²) in [4.78, 5) is 8.33. The molecule has 0 aliphatic carbocycles. The third kappa shape index (κ3) is 3.20. The molecule has 2 aromatic heterocycles. The van der Waals surface area contributed by atoms with Crippen molar-refractivity contribution in [3.63, 3.8) is 0 Å². The van der Waals surface area contributed by atoms with E-state index in [1.54, 1.807) is 34.0 Å². The summed E-state index contributed by atoms with van der Waals surface area (Å²) in [6.07, 6.45) is 6.79. The minimum Gasteiger partial charge on any atom is -0.348 e. The van der Waals surface area contributed by atoms with Gasteiger partial charge in [-0.25, -0.2) is 13.4 Å². The van der Waals surface area contributed by atoms with Gasteiger partial charge in [0.1, 0.15) is 10.7 Å². The lowest BCUT2D eigenvalue weighted by molar-refractivity contribution is 0.346. The summed E-state index contributed by atoms with van der Waals surface area (Å²) in [6, 6.07) is 7.87. The van der Waals surface area contributed by atoms with Crippen LogP contribution in [0, 0.1) is 0 Å². The van der Waals surface area contributed by atoms with Crippen LogP contribution in [0.5, 0.6) is 0 Å². The van der Waals surface area contributed by atoms with Crippen LogP contribution >= 0.6 is 11.3 Å². The first-order valence-corrected chi connectivity index (χ1v) is 11.2. The van der Waals surface area contributed by atoms with Crippen LogP contribution < -0.4 is 4.90 Å². The Morgan fingerprint density at radius 2 is 1.88 bits per heavy atom. The van der Waals surface area contributed by atoms with Crippen LogP contribution in [0.25, 0.3) is 0 Å². The molecular formula is C18H23N3O2S2. The molecule has 0 amide bonds. The van der Waals surface area contributed by atoms with Gasteiger partial charge in [-0.15, -0.1) is 11.3 Å². The highest BCUT2D eigenvalue weighted by Crippen LogP contribution is 2.40. The molecule has 1 unspecified atom stereocenters. The highest BCUT2D eigenvalue weighted by molar-refractivity contribution is 7.89. The maximum Gasteiger partial charge on any atom is 0.246 e. The number of piperidine rings is 1. The number of aromatic nitrogens is 1. The Morgan fingerprint density at radius 3 is 2.64 bits per heavy atom. The number of sulfonamides is 1. The number of hydrogen-bond donors (Lipinski definition) is 0. The zero-order valence-electron chi connectivity index (χ0n) is 14.2. The third-order valence-corrected chi connectivity index (χ3v) is 7.97. The van der Waals surface area contributed by atoms with Gasteiger partial charge in [-0.05, 0) is 49.3 Å². The minimum absolute atomic E-state index is 0.227. The van der Waals surface area contributed by atoms with Crippen molar-refractivity contribution in [3.8, 4) is 0 Å². The van der Waals surface area contributed by atoms with E-state index < -0.39 is 10.0 Å². The van der Waals surface area contributed by atoms with Gasteiger partial charge in [0.2, 0.25) is 10.0 Å². The fourth-order valence-corrected chi connectivity index (χ4v) is 6.38. The minimum atomic E-state index is -3.49. The molecular weight excluding hydrogens is 354 g/mol. The molecule has 2 aliphatic heterocycles. The molecule has 4 heterocycles. The van der Waals surface area contributed by atoms with Crippen LogP contribution in [0.15, 0.2) is 40.7 Å². The Balaban J connectivity index is 1.72. The molecule has 0 bridgehead atoms. The number of nitrogens with zero attached hydrogens (tertiary/aromatic N) is 3. The molecule has 2 fully saturated rings. The summed E-state index contributed by atoms with van der Waals surface area (Å²) in [5, 5.41) is 2.08. The van der Waals surface area contributed by atoms with Gasteiger partial charge in [-0.2, -0.15) is 4.31 Å². The average molecular weight is 378 g/mol.